The lowest BCUT2D eigenvalue weighted by molar-refractivity contribution is 0.586. The summed E-state index contributed by atoms with van der Waals surface area (Å²) in [5.74, 6) is -0.442. The maximum absolute atomic E-state index is 13.8. The molecular formula is C19H13F2N5. The minimum absolute atomic E-state index is 0.128. The zero-order chi connectivity index (χ0) is 17.9. The predicted octanol–water partition coefficient (Wildman–Crippen LogP) is 4.79. The Morgan fingerprint density at radius 3 is 2.31 bits per heavy atom. The van der Waals surface area contributed by atoms with Crippen molar-refractivity contribution in [1.29, 1.82) is 0 Å². The fraction of sp³-hybridized carbons (Fsp3) is 0. The summed E-state index contributed by atoms with van der Waals surface area (Å²) < 4.78 is 26.8. The van der Waals surface area contributed by atoms with Crippen molar-refractivity contribution in [3.8, 4) is 0 Å². The van der Waals surface area contributed by atoms with Crippen LogP contribution in [0.25, 0.3) is 10.9 Å². The lowest BCUT2D eigenvalue weighted by Crippen LogP contribution is -2.00. The second-order valence-corrected chi connectivity index (χ2v) is 5.54. The maximum Gasteiger partial charge on any atom is 0.149 e. The first-order valence-corrected chi connectivity index (χ1v) is 7.84. The summed E-state index contributed by atoms with van der Waals surface area (Å²) in [6.45, 7) is 0. The van der Waals surface area contributed by atoms with Gasteiger partial charge in [0.15, 0.2) is 0 Å². The molecule has 0 bridgehead atoms. The van der Waals surface area contributed by atoms with Crippen molar-refractivity contribution < 1.29 is 8.78 Å². The van der Waals surface area contributed by atoms with Gasteiger partial charge in [-0.3, -0.25) is 4.98 Å². The van der Waals surface area contributed by atoms with Gasteiger partial charge in [0.05, 0.1) is 16.9 Å². The van der Waals surface area contributed by atoms with Gasteiger partial charge < -0.3 is 10.6 Å². The maximum atomic E-state index is 13.8. The van der Waals surface area contributed by atoms with Gasteiger partial charge in [-0.15, -0.1) is 0 Å². The molecule has 7 heteroatoms. The monoisotopic (exact) mass is 349 g/mol. The molecule has 5 nitrogen and oxygen atoms in total. The van der Waals surface area contributed by atoms with Crippen LogP contribution in [0.2, 0.25) is 0 Å². The SMILES string of the molecule is Fc1ccc(Nc2cc(Nc3cccc4cccnc34)ncn2)c(F)c1. The lowest BCUT2D eigenvalue weighted by atomic mass is 10.2. The van der Waals surface area contributed by atoms with Crippen LogP contribution in [-0.2, 0) is 0 Å². The Bertz CT molecular complexity index is 1080. The number of anilines is 4. The Morgan fingerprint density at radius 2 is 1.50 bits per heavy atom. The molecule has 4 aromatic rings. The Morgan fingerprint density at radius 1 is 0.731 bits per heavy atom. The van der Waals surface area contributed by atoms with E-state index in [1.165, 1.54) is 18.5 Å². The Labute approximate surface area is 147 Å². The normalized spacial score (nSPS) is 10.7. The van der Waals surface area contributed by atoms with Gasteiger partial charge >= 0.3 is 0 Å². The summed E-state index contributed by atoms with van der Waals surface area (Å²) >= 11 is 0. The molecule has 0 spiro atoms. The number of para-hydroxylation sites is 1. The fourth-order valence-electron chi connectivity index (χ4n) is 2.57. The van der Waals surface area contributed by atoms with Crippen molar-refractivity contribution in [2.75, 3.05) is 10.6 Å². The van der Waals surface area contributed by atoms with E-state index in [0.717, 1.165) is 22.7 Å². The molecule has 0 radical (unpaired) electrons. The topological polar surface area (TPSA) is 62.7 Å². The molecule has 0 saturated heterocycles. The van der Waals surface area contributed by atoms with E-state index in [1.807, 2.05) is 30.3 Å². The minimum Gasteiger partial charge on any atom is -0.338 e. The Kier molecular flexibility index (Phi) is 4.10. The highest BCUT2D eigenvalue weighted by Gasteiger charge is 2.07. The Balaban J connectivity index is 1.61. The van der Waals surface area contributed by atoms with Crippen LogP contribution >= 0.6 is 0 Å². The van der Waals surface area contributed by atoms with Crippen LogP contribution in [0, 0.1) is 11.6 Å². The number of aromatic nitrogens is 3. The molecule has 2 aromatic carbocycles. The van der Waals surface area contributed by atoms with Gasteiger partial charge in [-0.25, -0.2) is 18.7 Å². The van der Waals surface area contributed by atoms with Crippen molar-refractivity contribution in [3.05, 3.63) is 78.8 Å². The molecule has 0 atom stereocenters. The zero-order valence-corrected chi connectivity index (χ0v) is 13.4. The molecule has 0 unspecified atom stereocenters. The van der Waals surface area contributed by atoms with Crippen LogP contribution in [0.1, 0.15) is 0 Å². The van der Waals surface area contributed by atoms with E-state index in [-0.39, 0.29) is 5.69 Å². The summed E-state index contributed by atoms with van der Waals surface area (Å²) in [6, 6.07) is 14.5. The quantitative estimate of drug-likeness (QED) is 0.555. The van der Waals surface area contributed by atoms with Gasteiger partial charge in [0.2, 0.25) is 0 Å². The summed E-state index contributed by atoms with van der Waals surface area (Å²) in [4.78, 5) is 12.6. The van der Waals surface area contributed by atoms with E-state index in [2.05, 4.69) is 25.6 Å². The highest BCUT2D eigenvalue weighted by atomic mass is 19.1. The number of rotatable bonds is 4. The number of halogens is 2. The standard InChI is InChI=1S/C19H13F2N5/c20-13-6-7-15(14(21)9-13)25-17-10-18(24-11-23-17)26-16-5-1-3-12-4-2-8-22-19(12)16/h1-11H,(H2,23,24,25,26). The molecule has 0 saturated carbocycles. The third-order valence-electron chi connectivity index (χ3n) is 3.76. The molecule has 2 heterocycles. The number of fused-ring (bicyclic) bond motifs is 1. The molecule has 0 aliphatic carbocycles. The van der Waals surface area contributed by atoms with Crippen molar-refractivity contribution >= 4 is 33.9 Å². The van der Waals surface area contributed by atoms with E-state index in [4.69, 9.17) is 0 Å². The first kappa shape index (κ1) is 15.9. The zero-order valence-electron chi connectivity index (χ0n) is 13.4. The molecule has 4 rings (SSSR count). The molecule has 128 valence electrons. The van der Waals surface area contributed by atoms with E-state index < -0.39 is 11.6 Å². The van der Waals surface area contributed by atoms with Crippen molar-refractivity contribution in [2.45, 2.75) is 0 Å². The summed E-state index contributed by atoms with van der Waals surface area (Å²) in [5.41, 5.74) is 1.73. The van der Waals surface area contributed by atoms with E-state index in [0.29, 0.717) is 11.6 Å². The van der Waals surface area contributed by atoms with E-state index in [1.54, 1.807) is 12.3 Å². The molecule has 2 aromatic heterocycles. The van der Waals surface area contributed by atoms with Crippen LogP contribution < -0.4 is 10.6 Å². The van der Waals surface area contributed by atoms with Crippen LogP contribution in [0.3, 0.4) is 0 Å². The fourth-order valence-corrected chi connectivity index (χ4v) is 2.57. The highest BCUT2D eigenvalue weighted by Crippen LogP contribution is 2.25. The molecular weight excluding hydrogens is 336 g/mol. The predicted molar refractivity (Wildman–Crippen MR) is 96.7 cm³/mol. The highest BCUT2D eigenvalue weighted by molar-refractivity contribution is 5.91. The third kappa shape index (κ3) is 3.27. The number of benzene rings is 2. The number of hydrogen-bond acceptors (Lipinski definition) is 5. The molecule has 0 aliphatic rings. The van der Waals surface area contributed by atoms with Crippen LogP contribution in [0.4, 0.5) is 31.8 Å². The average Bonchev–Trinajstić information content (AvgIpc) is 2.65. The summed E-state index contributed by atoms with van der Waals surface area (Å²) in [6.07, 6.45) is 3.07. The molecule has 26 heavy (non-hydrogen) atoms. The number of hydrogen-bond donors (Lipinski definition) is 2. The van der Waals surface area contributed by atoms with Crippen LogP contribution in [0.5, 0.6) is 0 Å². The smallest absolute Gasteiger partial charge is 0.149 e. The molecule has 0 amide bonds. The van der Waals surface area contributed by atoms with Crippen molar-refractivity contribution in [2.24, 2.45) is 0 Å². The van der Waals surface area contributed by atoms with Crippen molar-refractivity contribution in [3.63, 3.8) is 0 Å². The third-order valence-corrected chi connectivity index (χ3v) is 3.76. The number of nitrogens with zero attached hydrogens (tertiary/aromatic N) is 3. The van der Waals surface area contributed by atoms with Crippen LogP contribution in [-0.4, -0.2) is 15.0 Å². The van der Waals surface area contributed by atoms with Crippen molar-refractivity contribution in [1.82, 2.24) is 15.0 Å². The first-order chi connectivity index (χ1) is 12.7. The minimum atomic E-state index is -0.698. The largest absolute Gasteiger partial charge is 0.338 e. The van der Waals surface area contributed by atoms with Gasteiger partial charge in [-0.05, 0) is 24.3 Å². The second-order valence-electron chi connectivity index (χ2n) is 5.54. The summed E-state index contributed by atoms with van der Waals surface area (Å²) in [7, 11) is 0. The molecule has 0 aliphatic heterocycles. The van der Waals surface area contributed by atoms with Gasteiger partial charge in [-0.2, -0.15) is 0 Å². The van der Waals surface area contributed by atoms with Gasteiger partial charge in [0.1, 0.15) is 29.6 Å². The van der Waals surface area contributed by atoms with Crippen LogP contribution in [0.15, 0.2) is 67.1 Å². The number of pyridine rings is 1. The summed E-state index contributed by atoms with van der Waals surface area (Å²) in [5, 5.41) is 7.00. The molecule has 2 N–H and O–H groups in total. The number of nitrogens with one attached hydrogen (secondary N) is 2. The lowest BCUT2D eigenvalue weighted by Gasteiger charge is -2.10. The van der Waals surface area contributed by atoms with Gasteiger partial charge in [0.25, 0.3) is 0 Å². The second kappa shape index (κ2) is 6.72. The first-order valence-electron chi connectivity index (χ1n) is 7.84. The molecule has 0 fully saturated rings. The Hall–Kier alpha value is -3.61. The van der Waals surface area contributed by atoms with Gasteiger partial charge in [0, 0.05) is 23.7 Å². The van der Waals surface area contributed by atoms with E-state index >= 15 is 0 Å². The van der Waals surface area contributed by atoms with Gasteiger partial charge in [-0.1, -0.05) is 18.2 Å². The van der Waals surface area contributed by atoms with E-state index in [9.17, 15) is 8.78 Å². The average molecular weight is 349 g/mol.